The van der Waals surface area contributed by atoms with Gasteiger partial charge in [0.1, 0.15) is 12.1 Å². The lowest BCUT2D eigenvalue weighted by Gasteiger charge is -2.14. The Morgan fingerprint density at radius 2 is 1.34 bits per heavy atom. The third kappa shape index (κ3) is 2.56. The Labute approximate surface area is 167 Å². The van der Waals surface area contributed by atoms with Gasteiger partial charge in [0.2, 0.25) is 0 Å². The summed E-state index contributed by atoms with van der Waals surface area (Å²) in [5, 5.41) is 21.0. The molecule has 29 heavy (non-hydrogen) atoms. The summed E-state index contributed by atoms with van der Waals surface area (Å²) >= 11 is 0. The maximum Gasteiger partial charge on any atom is 0.158 e. The minimum Gasteiger partial charge on any atom is -0.309 e. The van der Waals surface area contributed by atoms with Gasteiger partial charge in [-0.2, -0.15) is 10.5 Å². The summed E-state index contributed by atoms with van der Waals surface area (Å²) in [6.07, 6.45) is 1.66. The lowest BCUT2D eigenvalue weighted by Crippen LogP contribution is -1.98. The third-order valence-corrected chi connectivity index (χ3v) is 5.15. The maximum atomic E-state index is 9.41. The summed E-state index contributed by atoms with van der Waals surface area (Å²) in [6.45, 7) is 0. The molecule has 0 saturated heterocycles. The van der Waals surface area contributed by atoms with E-state index in [1.807, 2.05) is 36.4 Å². The Bertz CT molecular complexity index is 1430. The second kappa shape index (κ2) is 6.64. The van der Waals surface area contributed by atoms with E-state index >= 15 is 0 Å². The van der Waals surface area contributed by atoms with Crippen molar-refractivity contribution in [2.24, 2.45) is 0 Å². The van der Waals surface area contributed by atoms with Crippen LogP contribution < -0.4 is 0 Å². The first-order valence-corrected chi connectivity index (χ1v) is 9.20. The average Bonchev–Trinajstić information content (AvgIpc) is 3.13. The van der Waals surface area contributed by atoms with Gasteiger partial charge in [0.25, 0.3) is 0 Å². The number of hydrogen-bond donors (Lipinski definition) is 0. The van der Waals surface area contributed by atoms with E-state index in [1.165, 1.54) is 10.8 Å². The summed E-state index contributed by atoms with van der Waals surface area (Å²) in [5.41, 5.74) is 5.41. The van der Waals surface area contributed by atoms with E-state index in [9.17, 15) is 10.5 Å². The van der Waals surface area contributed by atoms with Crippen LogP contribution in [0.5, 0.6) is 0 Å². The van der Waals surface area contributed by atoms with Gasteiger partial charge in [0.15, 0.2) is 5.69 Å². The Morgan fingerprint density at radius 3 is 2.00 bits per heavy atom. The molecule has 0 aliphatic heterocycles. The molecule has 0 unspecified atom stereocenters. The lowest BCUT2D eigenvalue weighted by atomic mass is 10.0. The highest BCUT2D eigenvalue weighted by molar-refractivity contribution is 6.09. The largest absolute Gasteiger partial charge is 0.309 e. The Kier molecular flexibility index (Phi) is 3.83. The number of pyridine rings is 1. The molecule has 0 spiro atoms. The number of fused-ring (bicyclic) bond motifs is 3. The SMILES string of the molecule is N#Cc1cc(-c2ccccc2-n2c3ccccc3c3ccccc32)cnc1C#N. The highest BCUT2D eigenvalue weighted by Gasteiger charge is 2.15. The van der Waals surface area contributed by atoms with Crippen LogP contribution in [0.3, 0.4) is 0 Å². The molecule has 4 heteroatoms. The van der Waals surface area contributed by atoms with Crippen LogP contribution in [-0.4, -0.2) is 9.55 Å². The molecule has 0 fully saturated rings. The van der Waals surface area contributed by atoms with E-state index < -0.39 is 0 Å². The second-order valence-electron chi connectivity index (χ2n) is 6.73. The Hall–Kier alpha value is -4.41. The van der Waals surface area contributed by atoms with Crippen LogP contribution in [0.4, 0.5) is 0 Å². The van der Waals surface area contributed by atoms with Crippen molar-refractivity contribution >= 4 is 21.8 Å². The molecule has 5 aromatic rings. The summed E-state index contributed by atoms with van der Waals surface area (Å²) in [6, 6.07) is 30.5. The van der Waals surface area contributed by atoms with Crippen LogP contribution in [0.2, 0.25) is 0 Å². The van der Waals surface area contributed by atoms with Gasteiger partial charge in [-0.05, 0) is 24.3 Å². The van der Waals surface area contributed by atoms with Gasteiger partial charge in [-0.15, -0.1) is 0 Å². The molecule has 0 saturated carbocycles. The highest BCUT2D eigenvalue weighted by Crippen LogP contribution is 2.35. The number of aromatic nitrogens is 2. The molecule has 2 aromatic heterocycles. The number of para-hydroxylation sites is 3. The van der Waals surface area contributed by atoms with Crippen molar-refractivity contribution in [3.63, 3.8) is 0 Å². The minimum atomic E-state index is 0.144. The van der Waals surface area contributed by atoms with E-state index in [4.69, 9.17) is 0 Å². The highest BCUT2D eigenvalue weighted by atomic mass is 15.0. The number of hydrogen-bond acceptors (Lipinski definition) is 3. The molecule has 0 N–H and O–H groups in total. The standard InChI is InChI=1S/C25H14N4/c26-14-17-13-18(16-28-22(17)15-27)19-7-1-4-10-23(19)29-24-11-5-2-8-20(24)21-9-3-6-12-25(21)29/h1-13,16H. The smallest absolute Gasteiger partial charge is 0.158 e. The fourth-order valence-corrected chi connectivity index (χ4v) is 3.88. The fourth-order valence-electron chi connectivity index (χ4n) is 3.88. The molecule has 0 aliphatic carbocycles. The van der Waals surface area contributed by atoms with Crippen molar-refractivity contribution in [3.05, 3.63) is 96.3 Å². The van der Waals surface area contributed by atoms with Gasteiger partial charge in [-0.25, -0.2) is 4.98 Å². The van der Waals surface area contributed by atoms with Crippen molar-refractivity contribution in [1.82, 2.24) is 9.55 Å². The molecule has 0 radical (unpaired) electrons. The summed E-state index contributed by atoms with van der Waals surface area (Å²) < 4.78 is 2.24. The van der Waals surface area contributed by atoms with Crippen LogP contribution in [-0.2, 0) is 0 Å². The van der Waals surface area contributed by atoms with E-state index in [1.54, 1.807) is 12.3 Å². The van der Waals surface area contributed by atoms with E-state index in [0.29, 0.717) is 0 Å². The van der Waals surface area contributed by atoms with Gasteiger partial charge >= 0.3 is 0 Å². The molecule has 0 atom stereocenters. The zero-order chi connectivity index (χ0) is 19.8. The normalized spacial score (nSPS) is 10.7. The zero-order valence-electron chi connectivity index (χ0n) is 15.4. The van der Waals surface area contributed by atoms with Gasteiger partial charge in [0, 0.05) is 28.1 Å². The van der Waals surface area contributed by atoms with E-state index in [-0.39, 0.29) is 11.3 Å². The lowest BCUT2D eigenvalue weighted by molar-refractivity contribution is 1.17. The quantitative estimate of drug-likeness (QED) is 0.407. The number of rotatable bonds is 2. The second-order valence-corrected chi connectivity index (χ2v) is 6.73. The molecule has 134 valence electrons. The summed E-state index contributed by atoms with van der Waals surface area (Å²) in [4.78, 5) is 4.20. The molecule has 3 aromatic carbocycles. The van der Waals surface area contributed by atoms with Crippen molar-refractivity contribution in [2.45, 2.75) is 0 Å². The fraction of sp³-hybridized carbons (Fsp3) is 0. The van der Waals surface area contributed by atoms with E-state index in [2.05, 4.69) is 58.1 Å². The maximum absolute atomic E-state index is 9.41. The van der Waals surface area contributed by atoms with Gasteiger partial charge in [-0.1, -0.05) is 54.6 Å². The van der Waals surface area contributed by atoms with Crippen molar-refractivity contribution in [3.8, 4) is 29.0 Å². The molecular formula is C25H14N4. The number of benzene rings is 3. The Morgan fingerprint density at radius 1 is 0.724 bits per heavy atom. The van der Waals surface area contributed by atoms with Gasteiger partial charge in [-0.3, -0.25) is 0 Å². The molecule has 0 aliphatic rings. The van der Waals surface area contributed by atoms with Crippen LogP contribution in [0, 0.1) is 22.7 Å². The minimum absolute atomic E-state index is 0.144. The molecule has 4 nitrogen and oxygen atoms in total. The van der Waals surface area contributed by atoms with E-state index in [0.717, 1.165) is 27.8 Å². The first-order valence-electron chi connectivity index (χ1n) is 9.20. The van der Waals surface area contributed by atoms with Crippen molar-refractivity contribution < 1.29 is 0 Å². The third-order valence-electron chi connectivity index (χ3n) is 5.15. The molecule has 2 heterocycles. The summed E-state index contributed by atoms with van der Waals surface area (Å²) in [7, 11) is 0. The predicted octanol–water partition coefficient (Wildman–Crippen LogP) is 5.59. The summed E-state index contributed by atoms with van der Waals surface area (Å²) in [5.74, 6) is 0. The number of nitriles is 2. The van der Waals surface area contributed by atoms with Crippen LogP contribution >= 0.6 is 0 Å². The van der Waals surface area contributed by atoms with Crippen molar-refractivity contribution in [2.75, 3.05) is 0 Å². The van der Waals surface area contributed by atoms with Crippen molar-refractivity contribution in [1.29, 1.82) is 10.5 Å². The van der Waals surface area contributed by atoms with Gasteiger partial charge < -0.3 is 4.57 Å². The Balaban J connectivity index is 1.85. The molecule has 0 amide bonds. The average molecular weight is 370 g/mol. The monoisotopic (exact) mass is 370 g/mol. The van der Waals surface area contributed by atoms with Crippen LogP contribution in [0.15, 0.2) is 85.1 Å². The van der Waals surface area contributed by atoms with Gasteiger partial charge in [0.05, 0.1) is 22.3 Å². The topological polar surface area (TPSA) is 65.4 Å². The molecular weight excluding hydrogens is 356 g/mol. The van der Waals surface area contributed by atoms with Crippen LogP contribution in [0.1, 0.15) is 11.3 Å². The first-order chi connectivity index (χ1) is 14.3. The predicted molar refractivity (Wildman–Crippen MR) is 113 cm³/mol. The zero-order valence-corrected chi connectivity index (χ0v) is 15.4. The molecule has 0 bridgehead atoms. The first kappa shape index (κ1) is 16.7. The molecule has 5 rings (SSSR count). The van der Waals surface area contributed by atoms with Crippen LogP contribution in [0.25, 0.3) is 38.6 Å². The number of nitrogens with zero attached hydrogens (tertiary/aromatic N) is 4.